The molecule has 6 nitrogen and oxygen atoms in total. The molecule has 22 heavy (non-hydrogen) atoms. The number of aliphatic hydroxyl groups excluding tert-OH is 1. The molecule has 1 aliphatic heterocycles. The topological polar surface area (TPSA) is 78.6 Å². The van der Waals surface area contributed by atoms with Gasteiger partial charge in [-0.1, -0.05) is 20.8 Å². The first kappa shape index (κ1) is 16.8. The predicted octanol–water partition coefficient (Wildman–Crippen LogP) is 2.32. The first-order valence-electron chi connectivity index (χ1n) is 8.04. The van der Waals surface area contributed by atoms with Crippen molar-refractivity contribution in [2.75, 3.05) is 13.1 Å². The molecule has 1 aromatic rings. The van der Waals surface area contributed by atoms with E-state index in [-0.39, 0.29) is 17.6 Å². The molecule has 1 aromatic heterocycles. The molecule has 124 valence electrons. The van der Waals surface area contributed by atoms with Crippen LogP contribution in [0.4, 0.5) is 4.79 Å². The van der Waals surface area contributed by atoms with Crippen LogP contribution in [0.15, 0.2) is 10.6 Å². The number of likely N-dealkylation sites (tertiary alicyclic amines) is 1. The van der Waals surface area contributed by atoms with E-state index >= 15 is 0 Å². The van der Waals surface area contributed by atoms with Gasteiger partial charge in [-0.15, -0.1) is 0 Å². The number of aromatic nitrogens is 1. The first-order valence-corrected chi connectivity index (χ1v) is 8.04. The Balaban J connectivity index is 1.88. The van der Waals surface area contributed by atoms with Crippen LogP contribution in [0.2, 0.25) is 0 Å². The van der Waals surface area contributed by atoms with Crippen LogP contribution in [0.1, 0.15) is 51.7 Å². The zero-order valence-electron chi connectivity index (χ0n) is 13.8. The van der Waals surface area contributed by atoms with Crippen molar-refractivity contribution in [3.05, 3.63) is 17.8 Å². The Labute approximate surface area is 131 Å². The van der Waals surface area contributed by atoms with E-state index in [1.165, 1.54) is 0 Å². The number of urea groups is 1. The van der Waals surface area contributed by atoms with E-state index in [4.69, 9.17) is 4.42 Å². The van der Waals surface area contributed by atoms with Gasteiger partial charge in [0, 0.05) is 19.5 Å². The number of aryl methyl sites for hydroxylation is 1. The summed E-state index contributed by atoms with van der Waals surface area (Å²) in [5, 5.41) is 12.8. The Bertz CT molecular complexity index is 499. The van der Waals surface area contributed by atoms with Gasteiger partial charge in [0.1, 0.15) is 5.76 Å². The van der Waals surface area contributed by atoms with Gasteiger partial charge < -0.3 is 19.7 Å². The molecule has 0 saturated carbocycles. The Hall–Kier alpha value is -1.56. The summed E-state index contributed by atoms with van der Waals surface area (Å²) in [6, 6.07) is -0.115. The quantitative estimate of drug-likeness (QED) is 0.894. The maximum atomic E-state index is 12.3. The number of hydrogen-bond acceptors (Lipinski definition) is 4. The van der Waals surface area contributed by atoms with Gasteiger partial charge in [0.15, 0.2) is 5.89 Å². The van der Waals surface area contributed by atoms with E-state index in [0.717, 1.165) is 19.3 Å². The molecule has 1 fully saturated rings. The van der Waals surface area contributed by atoms with Crippen molar-refractivity contribution >= 4 is 6.03 Å². The van der Waals surface area contributed by atoms with Crippen molar-refractivity contribution in [1.82, 2.24) is 15.2 Å². The van der Waals surface area contributed by atoms with Crippen molar-refractivity contribution in [3.63, 3.8) is 0 Å². The zero-order chi connectivity index (χ0) is 16.2. The van der Waals surface area contributed by atoms with Crippen molar-refractivity contribution in [1.29, 1.82) is 0 Å². The monoisotopic (exact) mass is 309 g/mol. The predicted molar refractivity (Wildman–Crippen MR) is 83.3 cm³/mol. The van der Waals surface area contributed by atoms with Crippen LogP contribution in [0, 0.1) is 5.41 Å². The molecule has 0 radical (unpaired) electrons. The van der Waals surface area contributed by atoms with E-state index in [2.05, 4.69) is 31.1 Å². The summed E-state index contributed by atoms with van der Waals surface area (Å²) < 4.78 is 5.56. The zero-order valence-corrected chi connectivity index (χ0v) is 13.8. The lowest BCUT2D eigenvalue weighted by Gasteiger charge is -2.29. The normalized spacial score (nSPS) is 21.5. The number of hydrogen-bond donors (Lipinski definition) is 2. The molecular weight excluding hydrogens is 282 g/mol. The Morgan fingerprint density at radius 2 is 2.36 bits per heavy atom. The van der Waals surface area contributed by atoms with Gasteiger partial charge in [-0.3, -0.25) is 0 Å². The molecule has 2 N–H and O–H groups in total. The highest BCUT2D eigenvalue weighted by Crippen LogP contribution is 2.28. The maximum Gasteiger partial charge on any atom is 0.317 e. The number of oxazole rings is 1. The van der Waals surface area contributed by atoms with E-state index in [1.54, 1.807) is 11.1 Å². The lowest BCUT2D eigenvalue weighted by Crippen LogP contribution is -2.43. The maximum absolute atomic E-state index is 12.3. The summed E-state index contributed by atoms with van der Waals surface area (Å²) in [5.41, 5.74) is -0.0756. The van der Waals surface area contributed by atoms with Gasteiger partial charge in [0.25, 0.3) is 0 Å². The molecule has 1 atom stereocenters. The number of carbonyl (C=O) groups excluding carboxylic acids is 1. The second-order valence-corrected chi connectivity index (χ2v) is 6.86. The molecule has 0 bridgehead atoms. The lowest BCUT2D eigenvalue weighted by atomic mass is 9.87. The summed E-state index contributed by atoms with van der Waals surface area (Å²) >= 11 is 0. The number of rotatable bonds is 4. The standard InChI is InChI=1S/C16H27N3O3/c1-4-5-14-17-9-13(22-14)10-18-15(21)19-7-6-12(20)8-16(2,3)11-19/h9,12,20H,4-8,10-11H2,1-3H3,(H,18,21). The SMILES string of the molecule is CCCc1ncc(CNC(=O)N2CCC(O)CC(C)(C)C2)o1. The second-order valence-electron chi connectivity index (χ2n) is 6.86. The third kappa shape index (κ3) is 4.73. The Kier molecular flexibility index (Phi) is 5.45. The molecule has 1 aliphatic rings. The fourth-order valence-electron chi connectivity index (χ4n) is 2.91. The van der Waals surface area contributed by atoms with Gasteiger partial charge in [-0.25, -0.2) is 9.78 Å². The van der Waals surface area contributed by atoms with Crippen LogP contribution in [0.25, 0.3) is 0 Å². The number of nitrogens with zero attached hydrogens (tertiary/aromatic N) is 2. The van der Waals surface area contributed by atoms with Crippen molar-refractivity contribution < 1.29 is 14.3 Å². The average molecular weight is 309 g/mol. The molecule has 2 rings (SSSR count). The highest BCUT2D eigenvalue weighted by Gasteiger charge is 2.31. The average Bonchev–Trinajstić information content (AvgIpc) is 2.82. The van der Waals surface area contributed by atoms with Crippen LogP contribution in [-0.4, -0.2) is 40.2 Å². The molecule has 0 spiro atoms. The van der Waals surface area contributed by atoms with E-state index in [0.29, 0.717) is 37.7 Å². The molecule has 0 aliphatic carbocycles. The Morgan fingerprint density at radius 3 is 3.09 bits per heavy atom. The van der Waals surface area contributed by atoms with Crippen LogP contribution < -0.4 is 5.32 Å². The van der Waals surface area contributed by atoms with Crippen LogP contribution in [0.3, 0.4) is 0 Å². The van der Waals surface area contributed by atoms with Crippen LogP contribution in [0.5, 0.6) is 0 Å². The van der Waals surface area contributed by atoms with Gasteiger partial charge in [0.05, 0.1) is 18.8 Å². The fraction of sp³-hybridized carbons (Fsp3) is 0.750. The second kappa shape index (κ2) is 7.13. The molecule has 1 unspecified atom stereocenters. The Morgan fingerprint density at radius 1 is 1.59 bits per heavy atom. The summed E-state index contributed by atoms with van der Waals surface area (Å²) in [5.74, 6) is 1.39. The summed E-state index contributed by atoms with van der Waals surface area (Å²) in [7, 11) is 0. The molecule has 2 heterocycles. The minimum absolute atomic E-state index is 0.0756. The summed E-state index contributed by atoms with van der Waals surface area (Å²) in [6.45, 7) is 7.79. The highest BCUT2D eigenvalue weighted by atomic mass is 16.4. The van der Waals surface area contributed by atoms with Crippen molar-refractivity contribution in [2.24, 2.45) is 5.41 Å². The third-order valence-corrected chi connectivity index (χ3v) is 3.91. The molecule has 1 saturated heterocycles. The summed E-state index contributed by atoms with van der Waals surface area (Å²) in [4.78, 5) is 18.3. The van der Waals surface area contributed by atoms with E-state index in [9.17, 15) is 9.90 Å². The van der Waals surface area contributed by atoms with Gasteiger partial charge in [-0.2, -0.15) is 0 Å². The third-order valence-electron chi connectivity index (χ3n) is 3.91. The molecule has 2 amide bonds. The van der Waals surface area contributed by atoms with Gasteiger partial charge in [-0.05, 0) is 24.7 Å². The lowest BCUT2D eigenvalue weighted by molar-refractivity contribution is 0.121. The molecule has 6 heteroatoms. The first-order chi connectivity index (χ1) is 10.4. The van der Waals surface area contributed by atoms with E-state index < -0.39 is 0 Å². The number of aliphatic hydroxyl groups is 1. The van der Waals surface area contributed by atoms with Crippen LogP contribution >= 0.6 is 0 Å². The highest BCUT2D eigenvalue weighted by molar-refractivity contribution is 5.74. The largest absolute Gasteiger partial charge is 0.444 e. The number of carbonyl (C=O) groups is 1. The molecular formula is C16H27N3O3. The van der Waals surface area contributed by atoms with Crippen molar-refractivity contribution in [3.8, 4) is 0 Å². The van der Waals surface area contributed by atoms with Gasteiger partial charge in [0.2, 0.25) is 0 Å². The van der Waals surface area contributed by atoms with Crippen LogP contribution in [-0.2, 0) is 13.0 Å². The van der Waals surface area contributed by atoms with E-state index in [1.807, 2.05) is 0 Å². The smallest absolute Gasteiger partial charge is 0.317 e. The number of amides is 2. The number of nitrogens with one attached hydrogen (secondary N) is 1. The van der Waals surface area contributed by atoms with Crippen molar-refractivity contribution in [2.45, 2.75) is 59.1 Å². The fourth-order valence-corrected chi connectivity index (χ4v) is 2.91. The summed E-state index contributed by atoms with van der Waals surface area (Å²) in [6.07, 6.45) is 4.48. The molecule has 0 aromatic carbocycles. The minimum atomic E-state index is -0.335. The van der Waals surface area contributed by atoms with Gasteiger partial charge >= 0.3 is 6.03 Å². The minimum Gasteiger partial charge on any atom is -0.444 e.